The van der Waals surface area contributed by atoms with Gasteiger partial charge in [-0.05, 0) is 23.6 Å². The quantitative estimate of drug-likeness (QED) is 0.307. The van der Waals surface area contributed by atoms with Crippen LogP contribution in [0.4, 0.5) is 0 Å². The van der Waals surface area contributed by atoms with Gasteiger partial charge in [0.1, 0.15) is 6.04 Å². The van der Waals surface area contributed by atoms with Gasteiger partial charge in [-0.1, -0.05) is 29.8 Å². The van der Waals surface area contributed by atoms with Gasteiger partial charge in [-0.25, -0.2) is 9.59 Å². The van der Waals surface area contributed by atoms with E-state index >= 15 is 0 Å². The fourth-order valence-corrected chi connectivity index (χ4v) is 3.21. The summed E-state index contributed by atoms with van der Waals surface area (Å²) in [6, 6.07) is 6.40. The van der Waals surface area contributed by atoms with Crippen LogP contribution >= 0.6 is 24.2 Å². The van der Waals surface area contributed by atoms with Gasteiger partial charge in [0.25, 0.3) is 6.47 Å². The number of carboxylic acids is 1. The Bertz CT molecular complexity index is 681. The van der Waals surface area contributed by atoms with E-state index in [9.17, 15) is 9.59 Å². The summed E-state index contributed by atoms with van der Waals surface area (Å²) in [4.78, 5) is 33.5. The number of methoxy groups -OCH3 is 1. The molecule has 1 aromatic rings. The van der Waals surface area contributed by atoms with Crippen LogP contribution in [0.25, 0.3) is 0 Å². The summed E-state index contributed by atoms with van der Waals surface area (Å²) in [5, 5.41) is 16.2. The Hall–Kier alpha value is -2.03. The van der Waals surface area contributed by atoms with Crippen LogP contribution < -0.4 is 0 Å². The highest BCUT2D eigenvalue weighted by Crippen LogP contribution is 2.33. The lowest BCUT2D eigenvalue weighted by atomic mass is 9.98. The van der Waals surface area contributed by atoms with Crippen molar-refractivity contribution in [3.63, 3.8) is 0 Å². The third-order valence-electron chi connectivity index (χ3n) is 3.80. The van der Waals surface area contributed by atoms with Crippen molar-refractivity contribution in [1.82, 2.24) is 4.90 Å². The first-order valence-corrected chi connectivity index (χ1v) is 8.50. The summed E-state index contributed by atoms with van der Waals surface area (Å²) < 4.78 is 4.92. The van der Waals surface area contributed by atoms with E-state index in [1.165, 1.54) is 7.11 Å². The van der Waals surface area contributed by atoms with Crippen molar-refractivity contribution in [1.29, 1.82) is 0 Å². The van der Waals surface area contributed by atoms with Crippen molar-refractivity contribution in [2.75, 3.05) is 20.2 Å². The van der Waals surface area contributed by atoms with Gasteiger partial charge in [-0.3, -0.25) is 9.69 Å². The SMILES string of the molecule is COC(=O)[C@H](c1ccccc1Cl)N1CC[C@@H](S)/C(=C\C(=O)O)C1.O=CO. The second-order valence-corrected chi connectivity index (χ2v) is 6.42. The van der Waals surface area contributed by atoms with Crippen LogP contribution in [0.1, 0.15) is 18.0 Å². The van der Waals surface area contributed by atoms with Gasteiger partial charge in [0.05, 0.1) is 7.11 Å². The lowest BCUT2D eigenvalue weighted by molar-refractivity contribution is -0.147. The van der Waals surface area contributed by atoms with E-state index in [0.29, 0.717) is 35.7 Å². The molecule has 0 aromatic heterocycles. The first-order valence-electron chi connectivity index (χ1n) is 7.61. The molecule has 1 saturated heterocycles. The van der Waals surface area contributed by atoms with Gasteiger partial charge in [-0.15, -0.1) is 0 Å². The molecular weight excluding hydrogens is 382 g/mol. The molecule has 1 aromatic carbocycles. The summed E-state index contributed by atoms with van der Waals surface area (Å²) in [5.74, 6) is -1.45. The van der Waals surface area contributed by atoms with Crippen LogP contribution in [-0.2, 0) is 19.1 Å². The molecule has 0 unspecified atom stereocenters. The summed E-state index contributed by atoms with van der Waals surface area (Å²) in [5.41, 5.74) is 1.31. The molecule has 1 heterocycles. The molecule has 0 bridgehead atoms. The summed E-state index contributed by atoms with van der Waals surface area (Å²) in [6.45, 7) is 0.668. The minimum atomic E-state index is -1.02. The number of piperidine rings is 1. The highest BCUT2D eigenvalue weighted by molar-refractivity contribution is 7.81. The van der Waals surface area contributed by atoms with Crippen molar-refractivity contribution in [3.8, 4) is 0 Å². The van der Waals surface area contributed by atoms with Crippen molar-refractivity contribution >= 4 is 42.6 Å². The Kier molecular flexibility index (Phi) is 9.18. The number of benzene rings is 1. The van der Waals surface area contributed by atoms with Crippen LogP contribution in [0, 0.1) is 0 Å². The van der Waals surface area contributed by atoms with E-state index in [2.05, 4.69) is 12.6 Å². The second-order valence-electron chi connectivity index (χ2n) is 5.39. The van der Waals surface area contributed by atoms with Crippen LogP contribution in [-0.4, -0.2) is 59.0 Å². The Morgan fingerprint density at radius 1 is 1.42 bits per heavy atom. The number of ether oxygens (including phenoxy) is 1. The number of esters is 1. The van der Waals surface area contributed by atoms with Gasteiger partial charge in [-0.2, -0.15) is 12.6 Å². The average Bonchev–Trinajstić information content (AvgIpc) is 2.59. The van der Waals surface area contributed by atoms with E-state index in [-0.39, 0.29) is 11.7 Å². The number of carboxylic acid groups (broad SMARTS) is 2. The normalized spacial score (nSPS) is 19.8. The van der Waals surface area contributed by atoms with E-state index in [1.807, 2.05) is 4.90 Å². The number of hydrogen-bond donors (Lipinski definition) is 3. The van der Waals surface area contributed by atoms with E-state index in [4.69, 9.17) is 31.3 Å². The molecule has 26 heavy (non-hydrogen) atoms. The third-order valence-corrected chi connectivity index (χ3v) is 4.74. The highest BCUT2D eigenvalue weighted by Gasteiger charge is 2.34. The maximum absolute atomic E-state index is 12.3. The average molecular weight is 402 g/mol. The van der Waals surface area contributed by atoms with Crippen molar-refractivity contribution in [3.05, 3.63) is 46.5 Å². The van der Waals surface area contributed by atoms with E-state index < -0.39 is 18.0 Å². The number of thiol groups is 1. The molecule has 0 radical (unpaired) electrons. The third kappa shape index (κ3) is 6.05. The summed E-state index contributed by atoms with van der Waals surface area (Å²) in [7, 11) is 1.32. The summed E-state index contributed by atoms with van der Waals surface area (Å²) >= 11 is 10.7. The lowest BCUT2D eigenvalue weighted by Gasteiger charge is -2.36. The molecule has 0 spiro atoms. The molecule has 2 N–H and O–H groups in total. The summed E-state index contributed by atoms with van der Waals surface area (Å²) in [6.07, 6.45) is 1.80. The largest absolute Gasteiger partial charge is 0.483 e. The van der Waals surface area contributed by atoms with Crippen LogP contribution in [0.3, 0.4) is 0 Å². The first kappa shape index (κ1) is 22.0. The smallest absolute Gasteiger partial charge is 0.328 e. The Labute approximate surface area is 161 Å². The zero-order valence-corrected chi connectivity index (χ0v) is 15.7. The number of carbonyl (C=O) groups is 3. The fourth-order valence-electron chi connectivity index (χ4n) is 2.69. The van der Waals surface area contributed by atoms with Crippen LogP contribution in [0.5, 0.6) is 0 Å². The molecule has 2 atom stereocenters. The zero-order chi connectivity index (χ0) is 19.7. The predicted octanol–water partition coefficient (Wildman–Crippen LogP) is 2.27. The molecule has 9 heteroatoms. The van der Waals surface area contributed by atoms with Crippen molar-refractivity contribution in [2.45, 2.75) is 17.7 Å². The van der Waals surface area contributed by atoms with Gasteiger partial charge >= 0.3 is 11.9 Å². The van der Waals surface area contributed by atoms with E-state index in [0.717, 1.165) is 6.08 Å². The number of hydrogen-bond acceptors (Lipinski definition) is 6. The number of halogens is 1. The monoisotopic (exact) mass is 401 g/mol. The minimum Gasteiger partial charge on any atom is -0.483 e. The maximum atomic E-state index is 12.3. The number of rotatable bonds is 4. The van der Waals surface area contributed by atoms with Gasteiger partial charge in [0.2, 0.25) is 0 Å². The zero-order valence-electron chi connectivity index (χ0n) is 14.0. The lowest BCUT2D eigenvalue weighted by Crippen LogP contribution is -2.42. The molecule has 0 saturated carbocycles. The maximum Gasteiger partial charge on any atom is 0.328 e. The Balaban J connectivity index is 0.00000105. The van der Waals surface area contributed by atoms with Gasteiger partial charge in [0, 0.05) is 29.4 Å². The van der Waals surface area contributed by atoms with Crippen molar-refractivity contribution in [2.24, 2.45) is 0 Å². The molecule has 1 aliphatic rings. The van der Waals surface area contributed by atoms with Crippen molar-refractivity contribution < 1.29 is 29.3 Å². The predicted molar refractivity (Wildman–Crippen MR) is 99.6 cm³/mol. The topological polar surface area (TPSA) is 104 Å². The molecule has 1 aliphatic heterocycles. The molecule has 1 fully saturated rings. The number of nitrogens with zero attached hydrogens (tertiary/aromatic N) is 1. The van der Waals surface area contributed by atoms with Crippen LogP contribution in [0.2, 0.25) is 5.02 Å². The molecule has 2 rings (SSSR count). The molecular formula is C17H20ClNO6S. The molecule has 0 amide bonds. The minimum absolute atomic E-state index is 0.133. The van der Waals surface area contributed by atoms with Gasteiger partial charge < -0.3 is 14.9 Å². The second kappa shape index (κ2) is 10.8. The molecule has 7 nitrogen and oxygen atoms in total. The number of likely N-dealkylation sites (tertiary alicyclic amines) is 1. The standard InChI is InChI=1S/C16H18ClNO4S.CH2O2/c1-22-16(21)15(11-4-2-3-5-12(11)17)18-7-6-13(23)10(9-18)8-14(19)20;2-1-3/h2-5,8,13,15,23H,6-7,9H2,1H3,(H,19,20);1H,(H,2,3)/b10-8-;/t13-,15+;/m1./s1. The Morgan fingerprint density at radius 2 is 2.04 bits per heavy atom. The Morgan fingerprint density at radius 3 is 2.58 bits per heavy atom. The van der Waals surface area contributed by atoms with Crippen LogP contribution in [0.15, 0.2) is 35.9 Å². The fraction of sp³-hybridized carbons (Fsp3) is 0.353. The van der Waals surface area contributed by atoms with Gasteiger partial charge in [0.15, 0.2) is 0 Å². The molecule has 142 valence electrons. The molecule has 0 aliphatic carbocycles. The first-order chi connectivity index (χ1) is 12.3. The highest BCUT2D eigenvalue weighted by atomic mass is 35.5. The number of carbonyl (C=O) groups excluding carboxylic acids is 1. The van der Waals surface area contributed by atoms with E-state index in [1.54, 1.807) is 24.3 Å². The number of aliphatic carboxylic acids is 1.